The molecule has 0 saturated carbocycles. The van der Waals surface area contributed by atoms with Crippen molar-refractivity contribution in [2.24, 2.45) is 11.1 Å². The van der Waals surface area contributed by atoms with Crippen molar-refractivity contribution in [1.29, 1.82) is 0 Å². The maximum absolute atomic E-state index is 12.4. The van der Waals surface area contributed by atoms with E-state index in [0.29, 0.717) is 12.5 Å². The Bertz CT molecular complexity index is 720. The Morgan fingerprint density at radius 2 is 2.17 bits per heavy atom. The molecule has 0 spiro atoms. The van der Waals surface area contributed by atoms with E-state index in [1.807, 2.05) is 0 Å². The average molecular weight is 356 g/mol. The number of hydrogen-bond donors (Lipinski definition) is 3. The number of nitrogens with one attached hydrogen (secondary N) is 1. The van der Waals surface area contributed by atoms with Gasteiger partial charge in [0.1, 0.15) is 10.6 Å². The predicted octanol–water partition coefficient (Wildman–Crippen LogP) is -0.00360. The second-order valence-electron chi connectivity index (χ2n) is 5.89. The number of nitrogens with zero attached hydrogens (tertiary/aromatic N) is 1. The van der Waals surface area contributed by atoms with Gasteiger partial charge in [-0.05, 0) is 31.5 Å². The van der Waals surface area contributed by atoms with Gasteiger partial charge in [-0.3, -0.25) is 4.79 Å². The third-order valence-electron chi connectivity index (χ3n) is 4.25. The molecule has 0 bridgehead atoms. The van der Waals surface area contributed by atoms with E-state index >= 15 is 0 Å². The molecule has 0 aliphatic carbocycles. The second-order valence-corrected chi connectivity index (χ2v) is 7.42. The van der Waals surface area contributed by atoms with Crippen LogP contribution in [0.2, 0.25) is 0 Å². The minimum absolute atomic E-state index is 0.0553. The third kappa shape index (κ3) is 4.16. The molecule has 24 heavy (non-hydrogen) atoms. The minimum Gasteiger partial charge on any atom is -0.496 e. The first-order valence-electron chi connectivity index (χ1n) is 7.77. The van der Waals surface area contributed by atoms with Crippen LogP contribution < -0.4 is 20.9 Å². The molecular formula is C15H24N4O4S. The molecular weight excluding hydrogens is 332 g/mol. The number of rotatable bonds is 6. The zero-order chi connectivity index (χ0) is 17.9. The molecule has 1 unspecified atom stereocenters. The second kappa shape index (κ2) is 7.37. The van der Waals surface area contributed by atoms with E-state index < -0.39 is 15.9 Å². The van der Waals surface area contributed by atoms with Crippen molar-refractivity contribution in [3.05, 3.63) is 17.7 Å². The number of primary sulfonamides is 1. The number of nitrogens with two attached hydrogens (primary N) is 2. The fraction of sp³-hybridized carbons (Fsp3) is 0.533. The fourth-order valence-corrected chi connectivity index (χ4v) is 3.54. The van der Waals surface area contributed by atoms with Gasteiger partial charge >= 0.3 is 0 Å². The first kappa shape index (κ1) is 18.5. The molecule has 1 amide bonds. The van der Waals surface area contributed by atoms with Crippen LogP contribution in [-0.4, -0.2) is 52.5 Å². The van der Waals surface area contributed by atoms with Crippen LogP contribution in [0.5, 0.6) is 5.75 Å². The summed E-state index contributed by atoms with van der Waals surface area (Å²) in [6.45, 7) is 5.59. The molecule has 134 valence electrons. The molecule has 9 heteroatoms. The highest BCUT2D eigenvalue weighted by molar-refractivity contribution is 7.89. The van der Waals surface area contributed by atoms with Gasteiger partial charge in [0.2, 0.25) is 10.0 Å². The lowest BCUT2D eigenvalue weighted by Crippen LogP contribution is -2.31. The average Bonchev–Trinajstić information content (AvgIpc) is 2.99. The van der Waals surface area contributed by atoms with Gasteiger partial charge in [-0.1, -0.05) is 6.92 Å². The molecule has 1 saturated heterocycles. The lowest BCUT2D eigenvalue weighted by Gasteiger charge is -2.15. The largest absolute Gasteiger partial charge is 0.496 e. The van der Waals surface area contributed by atoms with Gasteiger partial charge in [0.25, 0.3) is 5.91 Å². The molecule has 1 heterocycles. The number of likely N-dealkylation sites (tertiary alicyclic amines) is 1. The minimum atomic E-state index is -4.02. The summed E-state index contributed by atoms with van der Waals surface area (Å²) in [5.41, 5.74) is 5.72. The summed E-state index contributed by atoms with van der Waals surface area (Å²) in [5, 5.41) is 7.97. The Labute approximate surface area is 142 Å². The zero-order valence-corrected chi connectivity index (χ0v) is 14.7. The number of sulfonamides is 1. The van der Waals surface area contributed by atoms with E-state index in [1.165, 1.54) is 13.2 Å². The van der Waals surface area contributed by atoms with Crippen LogP contribution in [0.4, 0.5) is 5.69 Å². The van der Waals surface area contributed by atoms with E-state index in [2.05, 4.69) is 17.1 Å². The van der Waals surface area contributed by atoms with E-state index in [1.54, 1.807) is 0 Å². The van der Waals surface area contributed by atoms with Gasteiger partial charge < -0.3 is 20.7 Å². The zero-order valence-electron chi connectivity index (χ0n) is 13.9. The van der Waals surface area contributed by atoms with Gasteiger partial charge in [0.15, 0.2) is 0 Å². The Kier molecular flexibility index (Phi) is 5.68. The van der Waals surface area contributed by atoms with Gasteiger partial charge in [-0.25, -0.2) is 13.6 Å². The number of carbonyl (C=O) groups is 1. The van der Waals surface area contributed by atoms with E-state index in [-0.39, 0.29) is 21.9 Å². The van der Waals surface area contributed by atoms with E-state index in [4.69, 9.17) is 15.6 Å². The maximum atomic E-state index is 12.4. The highest BCUT2D eigenvalue weighted by atomic mass is 32.2. The number of methoxy groups -OCH3 is 1. The van der Waals surface area contributed by atoms with Crippen LogP contribution in [0.25, 0.3) is 0 Å². The molecule has 1 atom stereocenters. The Morgan fingerprint density at radius 1 is 1.46 bits per heavy atom. The Morgan fingerprint density at radius 3 is 2.71 bits per heavy atom. The Hall–Kier alpha value is -1.84. The molecule has 0 radical (unpaired) electrons. The van der Waals surface area contributed by atoms with E-state index in [9.17, 15) is 13.2 Å². The van der Waals surface area contributed by atoms with Crippen LogP contribution in [0.1, 0.15) is 23.7 Å². The lowest BCUT2D eigenvalue weighted by molar-refractivity contribution is 0.0944. The molecule has 1 aromatic rings. The number of benzene rings is 1. The predicted molar refractivity (Wildman–Crippen MR) is 91.3 cm³/mol. The highest BCUT2D eigenvalue weighted by Crippen LogP contribution is 2.28. The number of nitrogen functional groups attached to an aromatic ring is 1. The van der Waals surface area contributed by atoms with Crippen molar-refractivity contribution < 1.29 is 17.9 Å². The van der Waals surface area contributed by atoms with Crippen molar-refractivity contribution in [2.45, 2.75) is 18.2 Å². The van der Waals surface area contributed by atoms with Crippen molar-refractivity contribution in [3.63, 3.8) is 0 Å². The molecule has 0 aromatic heterocycles. The van der Waals surface area contributed by atoms with Crippen molar-refractivity contribution >= 4 is 21.6 Å². The number of amides is 1. The summed E-state index contributed by atoms with van der Waals surface area (Å²) in [7, 11) is -2.64. The topological polar surface area (TPSA) is 128 Å². The summed E-state index contributed by atoms with van der Waals surface area (Å²) in [6, 6.07) is 2.45. The first-order chi connectivity index (χ1) is 11.3. The van der Waals surface area contributed by atoms with Crippen LogP contribution in [0.3, 0.4) is 0 Å². The fourth-order valence-electron chi connectivity index (χ4n) is 2.87. The van der Waals surface area contributed by atoms with Gasteiger partial charge in [0.05, 0.1) is 18.4 Å². The van der Waals surface area contributed by atoms with Crippen LogP contribution in [0.15, 0.2) is 17.0 Å². The molecule has 1 aliphatic heterocycles. The molecule has 8 nitrogen and oxygen atoms in total. The van der Waals surface area contributed by atoms with Crippen LogP contribution in [0, 0.1) is 5.92 Å². The van der Waals surface area contributed by atoms with Gasteiger partial charge in [0, 0.05) is 19.2 Å². The lowest BCUT2D eigenvalue weighted by atomic mass is 10.1. The van der Waals surface area contributed by atoms with Crippen molar-refractivity contribution in [1.82, 2.24) is 10.2 Å². The SMILES string of the molecule is CCN1CCC(CNC(=O)c2cc(S(N)(=O)=O)c(N)cc2OC)C1. The van der Waals surface area contributed by atoms with Crippen LogP contribution in [-0.2, 0) is 10.0 Å². The van der Waals surface area contributed by atoms with Gasteiger partial charge in [-0.15, -0.1) is 0 Å². The first-order valence-corrected chi connectivity index (χ1v) is 9.31. The molecule has 1 aromatic carbocycles. The number of ether oxygens (including phenoxy) is 1. The standard InChI is InChI=1S/C15H24N4O4S/c1-3-19-5-4-10(9-19)8-18-15(20)11-6-14(24(17,21)22)12(16)7-13(11)23-2/h6-7,10H,3-5,8-9,16H2,1-2H3,(H,18,20)(H2,17,21,22). The normalized spacial score (nSPS) is 18.5. The third-order valence-corrected chi connectivity index (χ3v) is 5.22. The van der Waals surface area contributed by atoms with Crippen molar-refractivity contribution in [2.75, 3.05) is 39.0 Å². The molecule has 5 N–H and O–H groups in total. The summed E-state index contributed by atoms with van der Waals surface area (Å²) in [6.07, 6.45) is 1.02. The summed E-state index contributed by atoms with van der Waals surface area (Å²) >= 11 is 0. The number of anilines is 1. The Balaban J connectivity index is 2.16. The molecule has 2 rings (SSSR count). The van der Waals surface area contributed by atoms with Crippen LogP contribution >= 0.6 is 0 Å². The van der Waals surface area contributed by atoms with E-state index in [0.717, 1.165) is 32.1 Å². The maximum Gasteiger partial charge on any atom is 0.255 e. The number of hydrogen-bond acceptors (Lipinski definition) is 6. The smallest absolute Gasteiger partial charge is 0.255 e. The monoisotopic (exact) mass is 356 g/mol. The quantitative estimate of drug-likeness (QED) is 0.615. The summed E-state index contributed by atoms with van der Waals surface area (Å²) < 4.78 is 28.3. The molecule has 1 aliphatic rings. The molecule has 1 fully saturated rings. The van der Waals surface area contributed by atoms with Crippen molar-refractivity contribution in [3.8, 4) is 5.75 Å². The summed E-state index contributed by atoms with van der Waals surface area (Å²) in [5.74, 6) is 0.178. The van der Waals surface area contributed by atoms with Gasteiger partial charge in [-0.2, -0.15) is 0 Å². The number of carbonyl (C=O) groups excluding carboxylic acids is 1. The summed E-state index contributed by atoms with van der Waals surface area (Å²) in [4.78, 5) is 14.5. The highest BCUT2D eigenvalue weighted by Gasteiger charge is 2.24.